The number of benzene rings is 11. The lowest BCUT2D eigenvalue weighted by Crippen LogP contribution is -1.93. The molecule has 0 spiro atoms. The molecule has 0 saturated carbocycles. The Kier molecular flexibility index (Phi) is 10.4. The second-order valence-corrected chi connectivity index (χ2v) is 16.5. The molecule has 0 atom stereocenters. The first-order chi connectivity index (χ1) is 31.7. The standard InChI is InChI=1S/C64H44/c1-3-14-45(15-4-1)28-30-47-18-11-22-54(42-47)50-32-37-52(38-33-50)62-59-24-9-10-25-60(59)63(64-58(26-13-27-61(62)64)57-41-36-49-20-7-8-21-56(49)44-57)53-39-34-51(35-40-53)55-23-12-19-48(43-55)31-29-46-16-5-2-6-17-46/h1-44H. The molecule has 11 aromatic rings. The topological polar surface area (TPSA) is 0 Å². The molecule has 0 unspecified atom stereocenters. The molecule has 300 valence electrons. The highest BCUT2D eigenvalue weighted by Gasteiger charge is 2.20. The van der Waals surface area contributed by atoms with Gasteiger partial charge in [0, 0.05) is 0 Å². The van der Waals surface area contributed by atoms with Gasteiger partial charge in [-0.25, -0.2) is 0 Å². The van der Waals surface area contributed by atoms with E-state index in [1.54, 1.807) is 0 Å². The number of hydrogen-bond acceptors (Lipinski definition) is 0. The van der Waals surface area contributed by atoms with Crippen LogP contribution in [0.3, 0.4) is 0 Å². The van der Waals surface area contributed by atoms with Gasteiger partial charge in [-0.1, -0.05) is 249 Å². The summed E-state index contributed by atoms with van der Waals surface area (Å²) in [6, 6.07) is 88.3. The highest BCUT2D eigenvalue weighted by atomic mass is 14.2. The van der Waals surface area contributed by atoms with E-state index in [0.29, 0.717) is 0 Å². The van der Waals surface area contributed by atoms with Crippen molar-refractivity contribution in [3.05, 3.63) is 265 Å². The highest BCUT2D eigenvalue weighted by Crippen LogP contribution is 2.47. The molecule has 0 heteroatoms. The van der Waals surface area contributed by atoms with Gasteiger partial charge in [0.2, 0.25) is 0 Å². The zero-order valence-corrected chi connectivity index (χ0v) is 35.4. The van der Waals surface area contributed by atoms with Crippen molar-refractivity contribution in [2.75, 3.05) is 0 Å². The molecule has 0 aliphatic heterocycles. The summed E-state index contributed by atoms with van der Waals surface area (Å²) in [5.41, 5.74) is 16.8. The maximum absolute atomic E-state index is 2.35. The fourth-order valence-electron chi connectivity index (χ4n) is 9.25. The van der Waals surface area contributed by atoms with Gasteiger partial charge in [-0.15, -0.1) is 0 Å². The van der Waals surface area contributed by atoms with Gasteiger partial charge in [0.15, 0.2) is 0 Å². The molecule has 0 radical (unpaired) electrons. The van der Waals surface area contributed by atoms with Crippen molar-refractivity contribution < 1.29 is 0 Å². The van der Waals surface area contributed by atoms with Crippen molar-refractivity contribution in [2.45, 2.75) is 0 Å². The Morgan fingerprint density at radius 3 is 1.23 bits per heavy atom. The van der Waals surface area contributed by atoms with Gasteiger partial charge < -0.3 is 0 Å². The third-order valence-electron chi connectivity index (χ3n) is 12.4. The molecule has 0 aliphatic carbocycles. The van der Waals surface area contributed by atoms with Gasteiger partial charge in [0.05, 0.1) is 0 Å². The monoisotopic (exact) mass is 812 g/mol. The van der Waals surface area contributed by atoms with Gasteiger partial charge in [-0.05, 0) is 128 Å². The van der Waals surface area contributed by atoms with Crippen LogP contribution in [0, 0.1) is 0 Å². The molecule has 0 aliphatic rings. The van der Waals surface area contributed by atoms with Gasteiger partial charge >= 0.3 is 0 Å². The molecule has 0 aromatic heterocycles. The van der Waals surface area contributed by atoms with E-state index < -0.39 is 0 Å². The average molecular weight is 813 g/mol. The zero-order valence-electron chi connectivity index (χ0n) is 35.4. The molecule has 0 bridgehead atoms. The maximum Gasteiger partial charge on any atom is -0.00141 e. The normalized spacial score (nSPS) is 11.6. The minimum atomic E-state index is 1.18. The number of rotatable bonds is 9. The van der Waals surface area contributed by atoms with E-state index in [2.05, 4.69) is 267 Å². The minimum Gasteiger partial charge on any atom is -0.0622 e. The minimum absolute atomic E-state index is 1.18. The Balaban J connectivity index is 1.04. The van der Waals surface area contributed by atoms with E-state index in [1.807, 2.05) is 0 Å². The number of hydrogen-bond donors (Lipinski definition) is 0. The zero-order chi connectivity index (χ0) is 42.7. The van der Waals surface area contributed by atoms with Gasteiger partial charge in [-0.3, -0.25) is 0 Å². The van der Waals surface area contributed by atoms with Crippen LogP contribution in [0.25, 0.3) is 112 Å². The predicted octanol–water partition coefficient (Wildman–Crippen LogP) is 17.8. The lowest BCUT2D eigenvalue weighted by atomic mass is 9.82. The van der Waals surface area contributed by atoms with Crippen LogP contribution in [0.4, 0.5) is 0 Å². The van der Waals surface area contributed by atoms with Crippen molar-refractivity contribution in [2.24, 2.45) is 0 Å². The molecule has 0 heterocycles. The van der Waals surface area contributed by atoms with E-state index in [0.717, 1.165) is 0 Å². The summed E-state index contributed by atoms with van der Waals surface area (Å²) in [4.78, 5) is 0. The molecule has 0 fully saturated rings. The molecule has 0 saturated heterocycles. The largest absolute Gasteiger partial charge is 0.0622 e. The van der Waals surface area contributed by atoms with Crippen molar-refractivity contribution in [3.63, 3.8) is 0 Å². The SMILES string of the molecule is C(=Cc1cccc(-c2ccc(-c3c4ccccc4c(-c4ccc(-c5cccc(C=Cc6ccccc6)c5)cc4)c4c(-c5ccc6ccccc6c5)cccc34)cc2)c1)c1ccccc1. The first kappa shape index (κ1) is 38.6. The first-order valence-corrected chi connectivity index (χ1v) is 22.1. The van der Waals surface area contributed by atoms with Crippen LogP contribution in [-0.4, -0.2) is 0 Å². The van der Waals surface area contributed by atoms with Crippen LogP contribution < -0.4 is 0 Å². The molecular formula is C64H44. The van der Waals surface area contributed by atoms with E-state index in [4.69, 9.17) is 0 Å². The quantitative estimate of drug-likeness (QED) is 0.101. The summed E-state index contributed by atoms with van der Waals surface area (Å²) >= 11 is 0. The van der Waals surface area contributed by atoms with Crippen LogP contribution in [0.15, 0.2) is 243 Å². The second-order valence-electron chi connectivity index (χ2n) is 16.5. The van der Waals surface area contributed by atoms with Crippen LogP contribution in [-0.2, 0) is 0 Å². The van der Waals surface area contributed by atoms with E-state index >= 15 is 0 Å². The van der Waals surface area contributed by atoms with Gasteiger partial charge in [0.25, 0.3) is 0 Å². The van der Waals surface area contributed by atoms with E-state index in [1.165, 1.54) is 110 Å². The van der Waals surface area contributed by atoms with Gasteiger partial charge in [-0.2, -0.15) is 0 Å². The lowest BCUT2D eigenvalue weighted by molar-refractivity contribution is 1.58. The highest BCUT2D eigenvalue weighted by molar-refractivity contribution is 6.25. The maximum atomic E-state index is 2.35. The third-order valence-corrected chi connectivity index (χ3v) is 12.4. The number of fused-ring (bicyclic) bond motifs is 3. The molecule has 0 amide bonds. The molecule has 0 nitrogen and oxygen atoms in total. The van der Waals surface area contributed by atoms with Crippen molar-refractivity contribution in [1.82, 2.24) is 0 Å². The molecule has 11 rings (SSSR count). The Morgan fingerprint density at radius 1 is 0.219 bits per heavy atom. The Bertz CT molecular complexity index is 3500. The molecule has 11 aromatic carbocycles. The summed E-state index contributed by atoms with van der Waals surface area (Å²) in [7, 11) is 0. The predicted molar refractivity (Wildman–Crippen MR) is 277 cm³/mol. The molecule has 0 N–H and O–H groups in total. The summed E-state index contributed by atoms with van der Waals surface area (Å²) in [6.45, 7) is 0. The molecular weight excluding hydrogens is 769 g/mol. The van der Waals surface area contributed by atoms with Crippen LogP contribution >= 0.6 is 0 Å². The van der Waals surface area contributed by atoms with Crippen LogP contribution in [0.1, 0.15) is 22.3 Å². The van der Waals surface area contributed by atoms with Gasteiger partial charge in [0.1, 0.15) is 0 Å². The first-order valence-electron chi connectivity index (χ1n) is 22.1. The average Bonchev–Trinajstić information content (AvgIpc) is 3.37. The van der Waals surface area contributed by atoms with E-state index in [-0.39, 0.29) is 0 Å². The summed E-state index contributed by atoms with van der Waals surface area (Å²) in [5.74, 6) is 0. The Morgan fingerprint density at radius 2 is 0.641 bits per heavy atom. The lowest BCUT2D eigenvalue weighted by Gasteiger charge is -2.21. The third kappa shape index (κ3) is 7.75. The fraction of sp³-hybridized carbons (Fsp3) is 0. The fourth-order valence-corrected chi connectivity index (χ4v) is 9.25. The van der Waals surface area contributed by atoms with Crippen LogP contribution in [0.5, 0.6) is 0 Å². The van der Waals surface area contributed by atoms with Crippen molar-refractivity contribution in [3.8, 4) is 55.6 Å². The Labute approximate surface area is 375 Å². The summed E-state index contributed by atoms with van der Waals surface area (Å²) in [6.07, 6.45) is 8.73. The summed E-state index contributed by atoms with van der Waals surface area (Å²) in [5, 5.41) is 7.45. The Hall–Kier alpha value is -8.32. The smallest absolute Gasteiger partial charge is 0.00141 e. The van der Waals surface area contributed by atoms with Crippen LogP contribution in [0.2, 0.25) is 0 Å². The van der Waals surface area contributed by atoms with E-state index in [9.17, 15) is 0 Å². The molecule has 64 heavy (non-hydrogen) atoms. The summed E-state index contributed by atoms with van der Waals surface area (Å²) < 4.78 is 0. The second kappa shape index (κ2) is 17.2. The van der Waals surface area contributed by atoms with Crippen molar-refractivity contribution in [1.29, 1.82) is 0 Å². The van der Waals surface area contributed by atoms with Crippen molar-refractivity contribution >= 4 is 56.6 Å².